The van der Waals surface area contributed by atoms with Gasteiger partial charge in [0.05, 0.1) is 12.6 Å². The molecule has 2 rings (SSSR count). The van der Waals surface area contributed by atoms with Crippen LogP contribution in [0.2, 0.25) is 0 Å². The number of aliphatic hydroxyl groups excluding tert-OH is 1. The van der Waals surface area contributed by atoms with Crippen LogP contribution in [0.4, 0.5) is 4.79 Å². The van der Waals surface area contributed by atoms with Gasteiger partial charge in [-0.1, -0.05) is 65.0 Å². The first kappa shape index (κ1) is 26.2. The van der Waals surface area contributed by atoms with E-state index in [9.17, 15) is 14.7 Å². The first-order valence-electron chi connectivity index (χ1n) is 9.80. The fourth-order valence-corrected chi connectivity index (χ4v) is 2.55. The van der Waals surface area contributed by atoms with Crippen molar-refractivity contribution in [2.75, 3.05) is 32.1 Å². The van der Waals surface area contributed by atoms with Gasteiger partial charge in [0.1, 0.15) is 12.5 Å². The standard InChI is InChI=1S/C15H19ClN2O4.C4H10.C2H6/c16-8-14(20)18-7-6-17(9-13(18)10-19)15(21)22-11-12-4-2-1-3-5-12;1-4(2)3;1-2/h1-5,13,19H,6-11H2;4H,1-3H3;1-2H3. The van der Waals surface area contributed by atoms with Crippen LogP contribution in [0.1, 0.15) is 40.2 Å². The van der Waals surface area contributed by atoms with E-state index in [4.69, 9.17) is 16.3 Å². The number of amides is 2. The molecular weight excluding hydrogens is 380 g/mol. The lowest BCUT2D eigenvalue weighted by molar-refractivity contribution is -0.134. The van der Waals surface area contributed by atoms with Gasteiger partial charge in [-0.25, -0.2) is 4.79 Å². The fraction of sp³-hybridized carbons (Fsp3) is 0.619. The van der Waals surface area contributed by atoms with Crippen molar-refractivity contribution in [1.82, 2.24) is 9.80 Å². The minimum Gasteiger partial charge on any atom is -0.445 e. The molecule has 0 bridgehead atoms. The molecule has 28 heavy (non-hydrogen) atoms. The van der Waals surface area contributed by atoms with Crippen molar-refractivity contribution < 1.29 is 19.4 Å². The third-order valence-electron chi connectivity index (χ3n) is 3.59. The molecule has 0 radical (unpaired) electrons. The number of piperazine rings is 1. The van der Waals surface area contributed by atoms with E-state index in [-0.39, 0.29) is 31.5 Å². The molecule has 1 unspecified atom stereocenters. The van der Waals surface area contributed by atoms with Gasteiger partial charge in [-0.05, 0) is 11.5 Å². The molecule has 6 nitrogen and oxygen atoms in total. The predicted octanol–water partition coefficient (Wildman–Crippen LogP) is 3.76. The Balaban J connectivity index is 0.00000108. The number of ether oxygens (including phenoxy) is 1. The predicted molar refractivity (Wildman–Crippen MR) is 113 cm³/mol. The largest absolute Gasteiger partial charge is 0.445 e. The molecule has 0 spiro atoms. The zero-order valence-electron chi connectivity index (χ0n) is 17.7. The Morgan fingerprint density at radius 1 is 1.18 bits per heavy atom. The summed E-state index contributed by atoms with van der Waals surface area (Å²) in [5, 5.41) is 9.40. The highest BCUT2D eigenvalue weighted by Gasteiger charge is 2.32. The van der Waals surface area contributed by atoms with E-state index in [2.05, 4.69) is 20.8 Å². The number of nitrogens with zero attached hydrogens (tertiary/aromatic N) is 2. The van der Waals surface area contributed by atoms with Crippen molar-refractivity contribution in [1.29, 1.82) is 0 Å². The van der Waals surface area contributed by atoms with Gasteiger partial charge in [-0.2, -0.15) is 0 Å². The molecule has 0 aliphatic carbocycles. The van der Waals surface area contributed by atoms with Gasteiger partial charge in [-0.15, -0.1) is 11.6 Å². The van der Waals surface area contributed by atoms with Gasteiger partial charge < -0.3 is 19.6 Å². The topological polar surface area (TPSA) is 70.1 Å². The molecule has 1 aromatic rings. The highest BCUT2D eigenvalue weighted by molar-refractivity contribution is 6.27. The van der Waals surface area contributed by atoms with Crippen LogP contribution in [0, 0.1) is 5.92 Å². The van der Waals surface area contributed by atoms with Crippen LogP contribution in [0.3, 0.4) is 0 Å². The molecule has 0 saturated carbocycles. The number of benzene rings is 1. The van der Waals surface area contributed by atoms with E-state index in [0.717, 1.165) is 11.5 Å². The third-order valence-corrected chi connectivity index (χ3v) is 3.82. The molecular formula is C21H35ClN2O4. The quantitative estimate of drug-likeness (QED) is 0.761. The number of rotatable bonds is 4. The summed E-state index contributed by atoms with van der Waals surface area (Å²) in [4.78, 5) is 26.8. The zero-order valence-corrected chi connectivity index (χ0v) is 18.5. The molecule has 7 heteroatoms. The van der Waals surface area contributed by atoms with E-state index >= 15 is 0 Å². The Bertz CT molecular complexity index is 552. The normalized spacial score (nSPS) is 15.8. The molecule has 1 aromatic carbocycles. The van der Waals surface area contributed by atoms with E-state index in [1.807, 2.05) is 44.2 Å². The summed E-state index contributed by atoms with van der Waals surface area (Å²) in [6.45, 7) is 11.4. The van der Waals surface area contributed by atoms with E-state index in [0.29, 0.717) is 13.1 Å². The van der Waals surface area contributed by atoms with Crippen LogP contribution < -0.4 is 0 Å². The van der Waals surface area contributed by atoms with Crippen molar-refractivity contribution in [2.45, 2.75) is 47.3 Å². The van der Waals surface area contributed by atoms with E-state index < -0.39 is 12.1 Å². The van der Waals surface area contributed by atoms with Crippen LogP contribution in [-0.4, -0.2) is 65.1 Å². The van der Waals surface area contributed by atoms with Gasteiger partial charge in [-0.3, -0.25) is 4.79 Å². The Hall–Kier alpha value is -1.79. The Morgan fingerprint density at radius 2 is 1.75 bits per heavy atom. The van der Waals surface area contributed by atoms with Crippen molar-refractivity contribution >= 4 is 23.6 Å². The second-order valence-corrected chi connectivity index (χ2v) is 7.04. The number of carbonyl (C=O) groups is 2. The molecule has 1 aliphatic rings. The molecule has 160 valence electrons. The molecule has 1 aliphatic heterocycles. The first-order chi connectivity index (χ1) is 13.4. The maximum atomic E-state index is 12.1. The summed E-state index contributed by atoms with van der Waals surface area (Å²) < 4.78 is 5.26. The van der Waals surface area contributed by atoms with Gasteiger partial charge in [0.25, 0.3) is 0 Å². The monoisotopic (exact) mass is 414 g/mol. The average molecular weight is 415 g/mol. The number of hydrogen-bond acceptors (Lipinski definition) is 4. The second-order valence-electron chi connectivity index (χ2n) is 6.78. The van der Waals surface area contributed by atoms with Gasteiger partial charge in [0.15, 0.2) is 0 Å². The number of alkyl halides is 1. The molecule has 1 saturated heterocycles. The van der Waals surface area contributed by atoms with E-state index in [1.165, 1.54) is 9.80 Å². The number of carbonyl (C=O) groups excluding carboxylic acids is 2. The maximum absolute atomic E-state index is 12.1. The summed E-state index contributed by atoms with van der Waals surface area (Å²) in [6, 6.07) is 8.96. The number of halogens is 1. The van der Waals surface area contributed by atoms with Crippen LogP contribution in [0.25, 0.3) is 0 Å². The van der Waals surface area contributed by atoms with Crippen molar-refractivity contribution in [3.63, 3.8) is 0 Å². The van der Waals surface area contributed by atoms with Gasteiger partial charge in [0.2, 0.25) is 5.91 Å². The minimum absolute atomic E-state index is 0.130. The van der Waals surface area contributed by atoms with Crippen LogP contribution in [0.15, 0.2) is 30.3 Å². The van der Waals surface area contributed by atoms with Crippen LogP contribution >= 0.6 is 11.6 Å². The number of aliphatic hydroxyl groups is 1. The lowest BCUT2D eigenvalue weighted by Crippen LogP contribution is -2.58. The second kappa shape index (κ2) is 15.2. The molecule has 0 aromatic heterocycles. The minimum atomic E-state index is -0.444. The molecule has 2 amide bonds. The fourth-order valence-electron chi connectivity index (χ4n) is 2.39. The summed E-state index contributed by atoms with van der Waals surface area (Å²) in [6.07, 6.45) is -0.444. The Labute approximate surface area is 174 Å². The highest BCUT2D eigenvalue weighted by atomic mass is 35.5. The summed E-state index contributed by atoms with van der Waals surface area (Å²) in [7, 11) is 0. The Kier molecular flexibility index (Phi) is 14.2. The lowest BCUT2D eigenvalue weighted by Gasteiger charge is -2.39. The van der Waals surface area contributed by atoms with Crippen molar-refractivity contribution in [3.8, 4) is 0 Å². The van der Waals surface area contributed by atoms with Crippen molar-refractivity contribution in [3.05, 3.63) is 35.9 Å². The first-order valence-corrected chi connectivity index (χ1v) is 10.3. The van der Waals surface area contributed by atoms with Crippen molar-refractivity contribution in [2.24, 2.45) is 5.92 Å². The zero-order chi connectivity index (χ0) is 21.5. The maximum Gasteiger partial charge on any atom is 0.410 e. The SMILES string of the molecule is CC.CC(C)C.O=C(OCc1ccccc1)N1CCN(C(=O)CCl)C(CO)C1. The van der Waals surface area contributed by atoms with Gasteiger partial charge >= 0.3 is 6.09 Å². The average Bonchev–Trinajstić information content (AvgIpc) is 2.72. The van der Waals surface area contributed by atoms with Crippen LogP contribution in [0.5, 0.6) is 0 Å². The summed E-state index contributed by atoms with van der Waals surface area (Å²) in [5.74, 6) is 0.465. The van der Waals surface area contributed by atoms with E-state index in [1.54, 1.807) is 0 Å². The molecule has 1 N–H and O–H groups in total. The summed E-state index contributed by atoms with van der Waals surface area (Å²) >= 11 is 5.55. The smallest absolute Gasteiger partial charge is 0.410 e. The van der Waals surface area contributed by atoms with Crippen LogP contribution in [-0.2, 0) is 16.1 Å². The lowest BCUT2D eigenvalue weighted by atomic mass is 10.2. The number of hydrogen-bond donors (Lipinski definition) is 1. The highest BCUT2D eigenvalue weighted by Crippen LogP contribution is 2.12. The van der Waals surface area contributed by atoms with Gasteiger partial charge in [0, 0.05) is 19.6 Å². The molecule has 1 heterocycles. The molecule has 1 fully saturated rings. The Morgan fingerprint density at radius 3 is 2.25 bits per heavy atom. The summed E-state index contributed by atoms with van der Waals surface area (Å²) in [5.41, 5.74) is 0.908. The molecule has 1 atom stereocenters. The third kappa shape index (κ3) is 9.95.